The van der Waals surface area contributed by atoms with Crippen molar-refractivity contribution in [3.8, 4) is 0 Å². The highest BCUT2D eigenvalue weighted by Gasteiger charge is 2.30. The molecule has 1 aliphatic heterocycles. The molecule has 0 spiro atoms. The third kappa shape index (κ3) is 4.49. The van der Waals surface area contributed by atoms with Gasteiger partial charge in [0.05, 0.1) is 21.6 Å². The molecule has 0 aliphatic carbocycles. The lowest BCUT2D eigenvalue weighted by molar-refractivity contribution is -0.0175. The second-order valence-corrected chi connectivity index (χ2v) is 10.2. The van der Waals surface area contributed by atoms with Crippen LogP contribution in [-0.4, -0.2) is 42.3 Å². The van der Waals surface area contributed by atoms with Gasteiger partial charge in [-0.25, -0.2) is 22.0 Å². The van der Waals surface area contributed by atoms with Crippen molar-refractivity contribution in [3.63, 3.8) is 0 Å². The second kappa shape index (κ2) is 7.23. The van der Waals surface area contributed by atoms with Gasteiger partial charge in [-0.15, -0.1) is 0 Å². The Balaban J connectivity index is 2.04. The molecule has 0 bridgehead atoms. The van der Waals surface area contributed by atoms with E-state index in [2.05, 4.69) is 0 Å². The van der Waals surface area contributed by atoms with Crippen LogP contribution in [-0.2, 0) is 24.6 Å². The summed E-state index contributed by atoms with van der Waals surface area (Å²) in [6.07, 6.45) is 0.701. The first kappa shape index (κ1) is 19.8. The van der Waals surface area contributed by atoms with E-state index in [1.54, 1.807) is 0 Å². The summed E-state index contributed by atoms with van der Waals surface area (Å²) < 4.78 is 53.9. The normalized spacial score (nSPS) is 21.2. The highest BCUT2D eigenvalue weighted by molar-refractivity contribution is 7.91. The van der Waals surface area contributed by atoms with E-state index in [0.29, 0.717) is 18.8 Å². The summed E-state index contributed by atoms with van der Waals surface area (Å²) in [4.78, 5) is 1.62. The molecule has 9 heteroatoms. The van der Waals surface area contributed by atoms with Crippen molar-refractivity contribution < 1.29 is 21.6 Å². The van der Waals surface area contributed by atoms with Crippen molar-refractivity contribution in [3.05, 3.63) is 54.1 Å². The highest BCUT2D eigenvalue weighted by Crippen LogP contribution is 2.33. The van der Waals surface area contributed by atoms with Crippen molar-refractivity contribution in [1.82, 2.24) is 0 Å². The topological polar surface area (TPSA) is 107 Å². The molecule has 2 N–H and O–H groups in total. The Hall–Kier alpha value is -1.94. The van der Waals surface area contributed by atoms with Gasteiger partial charge in [0.1, 0.15) is 6.10 Å². The first-order valence-electron chi connectivity index (χ1n) is 8.38. The van der Waals surface area contributed by atoms with Gasteiger partial charge in [-0.3, -0.25) is 0 Å². The van der Waals surface area contributed by atoms with E-state index in [-0.39, 0.29) is 22.0 Å². The number of sulfonamides is 1. The molecule has 0 aromatic heterocycles. The smallest absolute Gasteiger partial charge is 0.238 e. The Kier molecular flexibility index (Phi) is 5.31. The van der Waals surface area contributed by atoms with Crippen LogP contribution < -0.4 is 10.0 Å². The van der Waals surface area contributed by atoms with Gasteiger partial charge >= 0.3 is 0 Å². The number of sulfone groups is 1. The summed E-state index contributed by atoms with van der Waals surface area (Å²) >= 11 is 0. The molecule has 1 aliphatic rings. The lowest BCUT2D eigenvalue weighted by atomic mass is 10.1. The van der Waals surface area contributed by atoms with Gasteiger partial charge in [0.25, 0.3) is 0 Å². The minimum absolute atomic E-state index is 0.0602. The Morgan fingerprint density at radius 1 is 1.04 bits per heavy atom. The standard InChI is InChI=1S/C18H22N2O5S2/c1-13-11-20(12-17(25-13)14-6-4-3-5-7-14)16-9-8-15(27(19,23)24)10-18(16)26(2,21)22/h3-10,13,17H,11-12H2,1-2H3,(H2,19,23,24). The monoisotopic (exact) mass is 410 g/mol. The van der Waals surface area contributed by atoms with Gasteiger partial charge < -0.3 is 9.64 Å². The molecule has 146 valence electrons. The summed E-state index contributed by atoms with van der Waals surface area (Å²) in [5.74, 6) is 0. The molecule has 0 radical (unpaired) electrons. The van der Waals surface area contributed by atoms with E-state index in [1.807, 2.05) is 42.2 Å². The van der Waals surface area contributed by atoms with Crippen molar-refractivity contribution in [1.29, 1.82) is 0 Å². The lowest BCUT2D eigenvalue weighted by Gasteiger charge is -2.39. The third-order valence-electron chi connectivity index (χ3n) is 4.43. The Labute approximate surface area is 159 Å². The van der Waals surface area contributed by atoms with Gasteiger partial charge in [0, 0.05) is 19.3 Å². The minimum Gasteiger partial charge on any atom is -0.367 e. The lowest BCUT2D eigenvalue weighted by Crippen LogP contribution is -2.43. The Morgan fingerprint density at radius 3 is 2.30 bits per heavy atom. The summed E-state index contributed by atoms with van der Waals surface area (Å²) in [7, 11) is -7.67. The number of benzene rings is 2. The van der Waals surface area contributed by atoms with Crippen LogP contribution in [0.1, 0.15) is 18.6 Å². The molecular formula is C18H22N2O5S2. The zero-order valence-corrected chi connectivity index (χ0v) is 16.7. The molecule has 7 nitrogen and oxygen atoms in total. The fourth-order valence-corrected chi connectivity index (χ4v) is 4.76. The molecule has 3 rings (SSSR count). The third-order valence-corrected chi connectivity index (χ3v) is 6.47. The number of anilines is 1. The number of primary sulfonamides is 1. The van der Waals surface area contributed by atoms with Gasteiger partial charge in [-0.2, -0.15) is 0 Å². The molecule has 27 heavy (non-hydrogen) atoms. The predicted molar refractivity (Wildman–Crippen MR) is 103 cm³/mol. The van der Waals surface area contributed by atoms with Crippen LogP contribution in [0.5, 0.6) is 0 Å². The Morgan fingerprint density at radius 2 is 1.70 bits per heavy atom. The molecule has 1 heterocycles. The summed E-state index contributed by atoms with van der Waals surface area (Å²) in [6, 6.07) is 13.6. The number of hydrogen-bond donors (Lipinski definition) is 1. The average molecular weight is 411 g/mol. The highest BCUT2D eigenvalue weighted by atomic mass is 32.2. The van der Waals surface area contributed by atoms with Crippen LogP contribution in [0.25, 0.3) is 0 Å². The van der Waals surface area contributed by atoms with Crippen molar-refractivity contribution >= 4 is 25.5 Å². The summed E-state index contributed by atoms with van der Waals surface area (Å²) in [5, 5.41) is 5.16. The van der Waals surface area contributed by atoms with Gasteiger partial charge in [0.15, 0.2) is 9.84 Å². The zero-order valence-electron chi connectivity index (χ0n) is 15.1. The zero-order chi connectivity index (χ0) is 19.8. The number of nitrogens with zero attached hydrogens (tertiary/aromatic N) is 1. The van der Waals surface area contributed by atoms with Gasteiger partial charge in [-0.05, 0) is 30.7 Å². The molecule has 2 atom stereocenters. The molecule has 1 saturated heterocycles. The average Bonchev–Trinajstić information content (AvgIpc) is 2.60. The fraction of sp³-hybridized carbons (Fsp3) is 0.333. The summed E-state index contributed by atoms with van der Waals surface area (Å²) in [5.41, 5.74) is 1.44. The van der Waals surface area contributed by atoms with E-state index in [0.717, 1.165) is 17.9 Å². The van der Waals surface area contributed by atoms with Crippen molar-refractivity contribution in [2.75, 3.05) is 24.2 Å². The van der Waals surface area contributed by atoms with Crippen LogP contribution in [0.2, 0.25) is 0 Å². The van der Waals surface area contributed by atoms with Crippen LogP contribution in [0.4, 0.5) is 5.69 Å². The van der Waals surface area contributed by atoms with Gasteiger partial charge in [0.2, 0.25) is 10.0 Å². The molecule has 0 saturated carbocycles. The Bertz CT molecular complexity index is 1040. The van der Waals surface area contributed by atoms with Crippen molar-refractivity contribution in [2.45, 2.75) is 28.9 Å². The first-order chi connectivity index (χ1) is 12.6. The maximum Gasteiger partial charge on any atom is 0.238 e. The van der Waals surface area contributed by atoms with Crippen LogP contribution in [0.15, 0.2) is 58.3 Å². The predicted octanol–water partition coefficient (Wildman–Crippen LogP) is 1.70. The second-order valence-electron chi connectivity index (χ2n) is 6.70. The maximum atomic E-state index is 12.3. The minimum atomic E-state index is -4.01. The summed E-state index contributed by atoms with van der Waals surface area (Å²) in [6.45, 7) is 2.85. The quantitative estimate of drug-likeness (QED) is 0.822. The van der Waals surface area contributed by atoms with Crippen LogP contribution in [0, 0.1) is 0 Å². The SMILES string of the molecule is CC1CN(c2ccc(S(N)(=O)=O)cc2S(C)(=O)=O)CC(c2ccccc2)O1. The molecule has 2 aromatic rings. The largest absolute Gasteiger partial charge is 0.367 e. The van der Waals surface area contributed by atoms with E-state index in [4.69, 9.17) is 9.88 Å². The van der Waals surface area contributed by atoms with Crippen LogP contribution >= 0.6 is 0 Å². The molecule has 0 amide bonds. The van der Waals surface area contributed by atoms with Crippen molar-refractivity contribution in [2.24, 2.45) is 5.14 Å². The number of hydrogen-bond acceptors (Lipinski definition) is 6. The van der Waals surface area contributed by atoms with E-state index < -0.39 is 19.9 Å². The maximum absolute atomic E-state index is 12.3. The van der Waals surface area contributed by atoms with Crippen LogP contribution in [0.3, 0.4) is 0 Å². The number of morpholine rings is 1. The molecular weight excluding hydrogens is 388 g/mol. The van der Waals surface area contributed by atoms with E-state index in [1.165, 1.54) is 12.1 Å². The fourth-order valence-electron chi connectivity index (χ4n) is 3.23. The number of nitrogens with two attached hydrogens (primary N) is 1. The number of ether oxygens (including phenoxy) is 1. The molecule has 1 fully saturated rings. The molecule has 2 aromatic carbocycles. The number of rotatable bonds is 4. The van der Waals surface area contributed by atoms with E-state index in [9.17, 15) is 16.8 Å². The molecule has 2 unspecified atom stereocenters. The first-order valence-corrected chi connectivity index (χ1v) is 11.8. The van der Waals surface area contributed by atoms with E-state index >= 15 is 0 Å². The van der Waals surface area contributed by atoms with Gasteiger partial charge in [-0.1, -0.05) is 30.3 Å².